The van der Waals surface area contributed by atoms with Gasteiger partial charge in [0.2, 0.25) is 0 Å². The smallest absolute Gasteiger partial charge is 0.341 e. The molecule has 0 radical (unpaired) electrons. The number of aromatic amines is 1. The molecule has 0 bridgehead atoms. The van der Waals surface area contributed by atoms with Crippen LogP contribution in [0.2, 0.25) is 0 Å². The molecule has 1 aliphatic rings. The first-order valence-electron chi connectivity index (χ1n) is 7.69. The average Bonchev–Trinajstić information content (AvgIpc) is 2.60. The van der Waals surface area contributed by atoms with Crippen molar-refractivity contribution in [2.75, 3.05) is 14.2 Å². The molecule has 130 valence electrons. The summed E-state index contributed by atoms with van der Waals surface area (Å²) in [6, 6.07) is 6.60. The van der Waals surface area contributed by atoms with Gasteiger partial charge < -0.3 is 19.6 Å². The third-order valence-corrected chi connectivity index (χ3v) is 4.41. The highest BCUT2D eigenvalue weighted by molar-refractivity contribution is 6.00. The fraction of sp³-hybridized carbons (Fsp3) is 0.278. The summed E-state index contributed by atoms with van der Waals surface area (Å²) in [7, 11) is 3.08. The number of carboxylic acids is 1. The number of nitrogens with one attached hydrogen (secondary N) is 1. The maximum Gasteiger partial charge on any atom is 0.341 e. The van der Waals surface area contributed by atoms with Crippen LogP contribution in [0, 0.1) is 0 Å². The summed E-state index contributed by atoms with van der Waals surface area (Å²) in [6.07, 6.45) is 0.666. The minimum atomic E-state index is -1.35. The summed E-state index contributed by atoms with van der Waals surface area (Å²) in [4.78, 5) is 38.0. The van der Waals surface area contributed by atoms with Gasteiger partial charge in [0, 0.05) is 17.7 Å². The fourth-order valence-electron chi connectivity index (χ4n) is 3.13. The normalized spacial score (nSPS) is 16.2. The zero-order valence-corrected chi connectivity index (χ0v) is 13.8. The monoisotopic (exact) mass is 343 g/mol. The number of fused-ring (bicyclic) bond motifs is 1. The van der Waals surface area contributed by atoms with Crippen LogP contribution in [0.5, 0.6) is 11.5 Å². The molecule has 0 saturated carbocycles. The van der Waals surface area contributed by atoms with Crippen molar-refractivity contribution in [2.24, 2.45) is 0 Å². The number of rotatable bonds is 4. The molecule has 0 fully saturated rings. The van der Waals surface area contributed by atoms with Gasteiger partial charge in [-0.3, -0.25) is 9.59 Å². The van der Waals surface area contributed by atoms with Crippen LogP contribution in [0.15, 0.2) is 29.1 Å². The minimum absolute atomic E-state index is 0.133. The van der Waals surface area contributed by atoms with E-state index in [9.17, 15) is 14.4 Å². The lowest BCUT2D eigenvalue weighted by Crippen LogP contribution is -2.27. The molecule has 0 unspecified atom stereocenters. The average molecular weight is 343 g/mol. The lowest BCUT2D eigenvalue weighted by atomic mass is 9.81. The number of ketones is 1. The number of ether oxygens (including phenoxy) is 2. The van der Waals surface area contributed by atoms with Crippen molar-refractivity contribution in [1.29, 1.82) is 0 Å². The van der Waals surface area contributed by atoms with Crippen molar-refractivity contribution in [3.63, 3.8) is 0 Å². The van der Waals surface area contributed by atoms with Gasteiger partial charge in [-0.1, -0.05) is 6.07 Å². The summed E-state index contributed by atoms with van der Waals surface area (Å²) in [6.45, 7) is 0. The van der Waals surface area contributed by atoms with E-state index in [2.05, 4.69) is 4.98 Å². The third-order valence-electron chi connectivity index (χ3n) is 4.41. The van der Waals surface area contributed by atoms with Crippen molar-refractivity contribution in [2.45, 2.75) is 18.8 Å². The summed E-state index contributed by atoms with van der Waals surface area (Å²) in [5.74, 6) is -0.522. The summed E-state index contributed by atoms with van der Waals surface area (Å²) >= 11 is 0. The van der Waals surface area contributed by atoms with Gasteiger partial charge in [-0.25, -0.2) is 4.79 Å². The number of aromatic nitrogens is 1. The Hall–Kier alpha value is -3.09. The van der Waals surface area contributed by atoms with E-state index in [0.717, 1.165) is 5.56 Å². The van der Waals surface area contributed by atoms with Crippen molar-refractivity contribution in [1.82, 2.24) is 4.98 Å². The van der Waals surface area contributed by atoms with Crippen LogP contribution >= 0.6 is 0 Å². The molecule has 3 rings (SSSR count). The van der Waals surface area contributed by atoms with Gasteiger partial charge in [0.05, 0.1) is 14.2 Å². The van der Waals surface area contributed by atoms with Crippen LogP contribution in [0.25, 0.3) is 0 Å². The third kappa shape index (κ3) is 3.00. The van der Waals surface area contributed by atoms with Crippen LogP contribution in [0.3, 0.4) is 0 Å². The van der Waals surface area contributed by atoms with Gasteiger partial charge in [-0.15, -0.1) is 0 Å². The number of hydrogen-bond acceptors (Lipinski definition) is 5. The van der Waals surface area contributed by atoms with E-state index in [-0.39, 0.29) is 23.7 Å². The van der Waals surface area contributed by atoms with Crippen molar-refractivity contribution < 1.29 is 24.2 Å². The Balaban J connectivity index is 1.99. The number of carbonyl (C=O) groups excluding carboxylic acids is 1. The Morgan fingerprint density at radius 1 is 1.12 bits per heavy atom. The predicted octanol–water partition coefficient (Wildman–Crippen LogP) is 2.00. The van der Waals surface area contributed by atoms with E-state index in [1.54, 1.807) is 13.2 Å². The molecular weight excluding hydrogens is 326 g/mol. The number of hydrogen-bond donors (Lipinski definition) is 2. The Morgan fingerprint density at radius 2 is 1.84 bits per heavy atom. The van der Waals surface area contributed by atoms with Crippen molar-refractivity contribution in [3.8, 4) is 11.5 Å². The van der Waals surface area contributed by atoms with E-state index in [1.807, 2.05) is 12.1 Å². The number of carbonyl (C=O) groups is 2. The standard InChI is InChI=1S/C18H17NO6/c1-24-15-4-3-9(7-16(15)25-2)10-5-13-11(14(20)6-10)8-12(18(22)23)17(21)19-13/h3-4,7-8,10H,5-6H2,1-2H3,(H,19,21)(H,22,23)/t10-/m0/s1. The molecule has 7 nitrogen and oxygen atoms in total. The number of pyridine rings is 1. The summed E-state index contributed by atoms with van der Waals surface area (Å²) < 4.78 is 10.5. The largest absolute Gasteiger partial charge is 0.493 e. The SMILES string of the molecule is COc1ccc([C@@H]2CC(=O)c3cc(C(=O)O)c(=O)[nH]c3C2)cc1OC. The predicted molar refractivity (Wildman–Crippen MR) is 89.0 cm³/mol. The van der Waals surface area contributed by atoms with Crippen LogP contribution in [0.1, 0.15) is 44.3 Å². The topological polar surface area (TPSA) is 106 Å². The Bertz CT molecular complexity index is 914. The second-order valence-electron chi connectivity index (χ2n) is 5.85. The van der Waals surface area contributed by atoms with Crippen LogP contribution in [0.4, 0.5) is 0 Å². The molecule has 1 aromatic heterocycles. The Morgan fingerprint density at radius 3 is 2.48 bits per heavy atom. The van der Waals surface area contributed by atoms with Crippen molar-refractivity contribution in [3.05, 3.63) is 57.0 Å². The molecule has 1 atom stereocenters. The first-order valence-corrected chi connectivity index (χ1v) is 7.69. The number of methoxy groups -OCH3 is 2. The highest BCUT2D eigenvalue weighted by atomic mass is 16.5. The van der Waals surface area contributed by atoms with E-state index in [4.69, 9.17) is 14.6 Å². The van der Waals surface area contributed by atoms with Gasteiger partial charge >= 0.3 is 5.97 Å². The Labute approximate surface area is 143 Å². The van der Waals surface area contributed by atoms with Gasteiger partial charge in [0.1, 0.15) is 5.56 Å². The molecule has 2 N–H and O–H groups in total. The lowest BCUT2D eigenvalue weighted by molar-refractivity contribution is 0.0695. The van der Waals surface area contributed by atoms with Gasteiger partial charge in [-0.05, 0) is 36.1 Å². The van der Waals surface area contributed by atoms with E-state index in [0.29, 0.717) is 23.6 Å². The molecule has 0 amide bonds. The van der Waals surface area contributed by atoms with E-state index < -0.39 is 17.1 Å². The molecule has 7 heteroatoms. The number of carboxylic acid groups (broad SMARTS) is 1. The number of aromatic carboxylic acids is 1. The van der Waals surface area contributed by atoms with Crippen LogP contribution < -0.4 is 15.0 Å². The minimum Gasteiger partial charge on any atom is -0.493 e. The molecule has 0 spiro atoms. The van der Waals surface area contributed by atoms with Gasteiger partial charge in [-0.2, -0.15) is 0 Å². The zero-order chi connectivity index (χ0) is 18.1. The highest BCUT2D eigenvalue weighted by Crippen LogP contribution is 2.36. The lowest BCUT2D eigenvalue weighted by Gasteiger charge is -2.24. The molecule has 1 heterocycles. The molecule has 25 heavy (non-hydrogen) atoms. The molecule has 1 aromatic carbocycles. The molecular formula is C18H17NO6. The quantitative estimate of drug-likeness (QED) is 0.879. The highest BCUT2D eigenvalue weighted by Gasteiger charge is 2.29. The molecule has 0 saturated heterocycles. The molecule has 0 aliphatic heterocycles. The molecule has 2 aromatic rings. The number of H-pyrrole nitrogens is 1. The maximum atomic E-state index is 12.5. The van der Waals surface area contributed by atoms with Crippen molar-refractivity contribution >= 4 is 11.8 Å². The second kappa shape index (κ2) is 6.43. The first-order chi connectivity index (χ1) is 11.9. The van der Waals surface area contributed by atoms with Crippen LogP contribution in [-0.2, 0) is 6.42 Å². The van der Waals surface area contributed by atoms with Crippen LogP contribution in [-0.4, -0.2) is 36.1 Å². The number of Topliss-reactive ketones (excluding diaryl/α,β-unsaturated/α-hetero) is 1. The van der Waals surface area contributed by atoms with E-state index >= 15 is 0 Å². The second-order valence-corrected chi connectivity index (χ2v) is 5.85. The fourth-order valence-corrected chi connectivity index (χ4v) is 3.13. The first kappa shape index (κ1) is 16.8. The summed E-state index contributed by atoms with van der Waals surface area (Å²) in [5, 5.41) is 9.03. The Kier molecular flexibility index (Phi) is 4.31. The van der Waals surface area contributed by atoms with Gasteiger partial charge in [0.15, 0.2) is 17.3 Å². The van der Waals surface area contributed by atoms with Gasteiger partial charge in [0.25, 0.3) is 5.56 Å². The maximum absolute atomic E-state index is 12.5. The summed E-state index contributed by atoms with van der Waals surface area (Å²) in [5.41, 5.74) is 0.503. The van der Waals surface area contributed by atoms with E-state index in [1.165, 1.54) is 13.2 Å². The molecule has 1 aliphatic carbocycles. The number of benzene rings is 1. The zero-order valence-electron chi connectivity index (χ0n) is 13.8.